The first-order valence-corrected chi connectivity index (χ1v) is 15.7. The molecule has 8 heteroatoms. The SMILES string of the molecule is COC(=O)CCCC(O)CC[C@H]1[C@H](CO[Si](C)(C)C(C)(C)C)[C@@H](OC2CCCCO2)C[C@H]1O. The van der Waals surface area contributed by atoms with Crippen LogP contribution < -0.4 is 0 Å². The van der Waals surface area contributed by atoms with E-state index in [1.807, 2.05) is 0 Å². The summed E-state index contributed by atoms with van der Waals surface area (Å²) in [4.78, 5) is 11.3. The van der Waals surface area contributed by atoms with Gasteiger partial charge in [0, 0.05) is 32.0 Å². The topological polar surface area (TPSA) is 94.5 Å². The first kappa shape index (κ1) is 28.7. The lowest BCUT2D eigenvalue weighted by Crippen LogP contribution is -2.44. The second-order valence-electron chi connectivity index (χ2n) is 11.4. The van der Waals surface area contributed by atoms with Crippen molar-refractivity contribution in [2.75, 3.05) is 20.3 Å². The van der Waals surface area contributed by atoms with Gasteiger partial charge in [0.2, 0.25) is 0 Å². The van der Waals surface area contributed by atoms with Gasteiger partial charge in [-0.1, -0.05) is 20.8 Å². The second kappa shape index (κ2) is 13.0. The molecule has 0 aromatic rings. The van der Waals surface area contributed by atoms with Crippen LogP contribution in [0.2, 0.25) is 18.1 Å². The van der Waals surface area contributed by atoms with Gasteiger partial charge in [-0.2, -0.15) is 0 Å². The molecule has 0 amide bonds. The molecule has 1 aliphatic carbocycles. The van der Waals surface area contributed by atoms with Crippen LogP contribution >= 0.6 is 0 Å². The zero-order chi connectivity index (χ0) is 24.6. The first-order chi connectivity index (χ1) is 15.4. The predicted octanol–water partition coefficient (Wildman–Crippen LogP) is 4.40. The molecule has 1 aliphatic heterocycles. The molecule has 2 aliphatic rings. The minimum atomic E-state index is -1.94. The number of aliphatic hydroxyl groups is 2. The molecule has 33 heavy (non-hydrogen) atoms. The summed E-state index contributed by atoms with van der Waals surface area (Å²) in [5.74, 6) is -0.165. The molecule has 194 valence electrons. The largest absolute Gasteiger partial charge is 0.469 e. The fourth-order valence-electron chi connectivity index (χ4n) is 4.59. The maximum Gasteiger partial charge on any atom is 0.305 e. The van der Waals surface area contributed by atoms with Crippen LogP contribution in [0.4, 0.5) is 0 Å². The number of carbonyl (C=O) groups excluding carboxylic acids is 1. The van der Waals surface area contributed by atoms with E-state index >= 15 is 0 Å². The Balaban J connectivity index is 1.99. The Bertz CT molecular complexity index is 586. The molecule has 2 unspecified atom stereocenters. The van der Waals surface area contributed by atoms with Crippen molar-refractivity contribution in [3.63, 3.8) is 0 Å². The van der Waals surface area contributed by atoms with Gasteiger partial charge in [-0.3, -0.25) is 4.79 Å². The smallest absolute Gasteiger partial charge is 0.305 e. The number of aliphatic hydroxyl groups excluding tert-OH is 2. The molecule has 1 saturated carbocycles. The maximum atomic E-state index is 11.3. The van der Waals surface area contributed by atoms with Gasteiger partial charge in [0.05, 0.1) is 25.4 Å². The highest BCUT2D eigenvalue weighted by atomic mass is 28.4. The number of methoxy groups -OCH3 is 1. The molecule has 0 bridgehead atoms. The monoisotopic (exact) mass is 488 g/mol. The molecule has 1 saturated heterocycles. The molecule has 6 atom stereocenters. The van der Waals surface area contributed by atoms with E-state index in [0.29, 0.717) is 45.1 Å². The van der Waals surface area contributed by atoms with Gasteiger partial charge >= 0.3 is 5.97 Å². The van der Waals surface area contributed by atoms with Gasteiger partial charge < -0.3 is 28.8 Å². The van der Waals surface area contributed by atoms with Crippen LogP contribution in [0.15, 0.2) is 0 Å². The Morgan fingerprint density at radius 2 is 1.91 bits per heavy atom. The zero-order valence-corrected chi connectivity index (χ0v) is 22.7. The molecule has 7 nitrogen and oxygen atoms in total. The highest BCUT2D eigenvalue weighted by molar-refractivity contribution is 6.74. The van der Waals surface area contributed by atoms with Crippen molar-refractivity contribution in [3.8, 4) is 0 Å². The summed E-state index contributed by atoms with van der Waals surface area (Å²) < 4.78 is 23.4. The highest BCUT2D eigenvalue weighted by Crippen LogP contribution is 2.42. The van der Waals surface area contributed by atoms with Crippen LogP contribution in [0.3, 0.4) is 0 Å². The number of carbonyl (C=O) groups is 1. The quantitative estimate of drug-likeness (QED) is 0.310. The number of hydrogen-bond donors (Lipinski definition) is 2. The zero-order valence-electron chi connectivity index (χ0n) is 21.7. The average molecular weight is 489 g/mol. The van der Waals surface area contributed by atoms with E-state index in [1.165, 1.54) is 7.11 Å². The predicted molar refractivity (Wildman–Crippen MR) is 130 cm³/mol. The van der Waals surface area contributed by atoms with E-state index in [9.17, 15) is 15.0 Å². The average Bonchev–Trinajstić information content (AvgIpc) is 3.04. The molecule has 0 spiro atoms. The van der Waals surface area contributed by atoms with Crippen LogP contribution in [0, 0.1) is 11.8 Å². The van der Waals surface area contributed by atoms with Crippen molar-refractivity contribution < 1.29 is 33.6 Å². The molecule has 2 N–H and O–H groups in total. The van der Waals surface area contributed by atoms with Crippen LogP contribution in [-0.4, -0.2) is 69.4 Å². The van der Waals surface area contributed by atoms with Crippen molar-refractivity contribution in [1.29, 1.82) is 0 Å². The summed E-state index contributed by atoms with van der Waals surface area (Å²) in [5, 5.41) is 21.5. The lowest BCUT2D eigenvalue weighted by Gasteiger charge is -2.39. The Morgan fingerprint density at radius 3 is 2.52 bits per heavy atom. The lowest BCUT2D eigenvalue weighted by molar-refractivity contribution is -0.198. The minimum Gasteiger partial charge on any atom is -0.469 e. The standard InChI is InChI=1S/C25H48O7Si/c1-25(2,3)33(5,6)31-17-20-19(14-13-18(26)10-9-11-23(28)29-4)21(27)16-22(20)32-24-12-7-8-15-30-24/h18-22,24,26-27H,7-17H2,1-6H3/t18?,19-,20-,21+,22-,24?/m0/s1. The van der Waals surface area contributed by atoms with Crippen molar-refractivity contribution >= 4 is 14.3 Å². The summed E-state index contributed by atoms with van der Waals surface area (Å²) in [7, 11) is -0.566. The second-order valence-corrected chi connectivity index (χ2v) is 16.2. The van der Waals surface area contributed by atoms with E-state index < -0.39 is 20.5 Å². The third-order valence-electron chi connectivity index (χ3n) is 7.88. The van der Waals surface area contributed by atoms with Gasteiger partial charge in [0.1, 0.15) is 0 Å². The molecule has 0 radical (unpaired) electrons. The van der Waals surface area contributed by atoms with Crippen molar-refractivity contribution in [2.45, 2.75) is 121 Å². The Hall–Kier alpha value is -0.513. The first-order valence-electron chi connectivity index (χ1n) is 12.8. The molecular weight excluding hydrogens is 440 g/mol. The Kier molecular flexibility index (Phi) is 11.3. The number of rotatable bonds is 12. The van der Waals surface area contributed by atoms with Crippen LogP contribution in [0.1, 0.15) is 78.6 Å². The molecule has 0 aromatic carbocycles. The number of hydrogen-bond acceptors (Lipinski definition) is 7. The summed E-state index contributed by atoms with van der Waals surface area (Å²) >= 11 is 0. The summed E-state index contributed by atoms with van der Waals surface area (Å²) in [6.07, 6.45) is 5.14. The number of ether oxygens (including phenoxy) is 3. The molecule has 2 fully saturated rings. The molecule has 2 rings (SSSR count). The van der Waals surface area contributed by atoms with E-state index in [1.54, 1.807) is 0 Å². The molecular formula is C25H48O7Si. The molecule has 1 heterocycles. The maximum absolute atomic E-state index is 11.3. The van der Waals surface area contributed by atoms with E-state index in [2.05, 4.69) is 38.6 Å². The Morgan fingerprint density at radius 1 is 1.18 bits per heavy atom. The normalized spacial score (nSPS) is 29.8. The van der Waals surface area contributed by atoms with E-state index in [-0.39, 0.29) is 35.2 Å². The van der Waals surface area contributed by atoms with Gasteiger partial charge in [0.15, 0.2) is 14.6 Å². The minimum absolute atomic E-state index is 0.0126. The van der Waals surface area contributed by atoms with Crippen LogP contribution in [0.5, 0.6) is 0 Å². The Labute approximate surface area is 201 Å². The van der Waals surface area contributed by atoms with E-state index in [0.717, 1.165) is 25.9 Å². The van der Waals surface area contributed by atoms with Gasteiger partial charge in [-0.15, -0.1) is 0 Å². The third-order valence-corrected chi connectivity index (χ3v) is 12.4. The van der Waals surface area contributed by atoms with Gasteiger partial charge in [-0.05, 0) is 69.0 Å². The van der Waals surface area contributed by atoms with Crippen molar-refractivity contribution in [1.82, 2.24) is 0 Å². The summed E-state index contributed by atoms with van der Waals surface area (Å²) in [6.45, 7) is 12.5. The van der Waals surface area contributed by atoms with Crippen LogP contribution in [-0.2, 0) is 23.4 Å². The summed E-state index contributed by atoms with van der Waals surface area (Å²) in [5.41, 5.74) is 0. The van der Waals surface area contributed by atoms with E-state index in [4.69, 9.17) is 13.9 Å². The fraction of sp³-hybridized carbons (Fsp3) is 0.960. The lowest BCUT2D eigenvalue weighted by atomic mass is 9.88. The van der Waals surface area contributed by atoms with Crippen LogP contribution in [0.25, 0.3) is 0 Å². The molecule has 0 aromatic heterocycles. The third kappa shape index (κ3) is 8.89. The fourth-order valence-corrected chi connectivity index (χ4v) is 5.63. The van der Waals surface area contributed by atoms with Crippen molar-refractivity contribution in [2.24, 2.45) is 11.8 Å². The van der Waals surface area contributed by atoms with Gasteiger partial charge in [0.25, 0.3) is 0 Å². The highest BCUT2D eigenvalue weighted by Gasteiger charge is 2.46. The summed E-state index contributed by atoms with van der Waals surface area (Å²) in [6, 6.07) is 0. The van der Waals surface area contributed by atoms with Crippen molar-refractivity contribution in [3.05, 3.63) is 0 Å². The van der Waals surface area contributed by atoms with Gasteiger partial charge in [-0.25, -0.2) is 0 Å². The number of esters is 1.